The molecule has 1 saturated heterocycles. The third-order valence-electron chi connectivity index (χ3n) is 3.89. The summed E-state index contributed by atoms with van der Waals surface area (Å²) in [5.74, 6) is -0.547. The van der Waals surface area contributed by atoms with Crippen molar-refractivity contribution in [3.8, 4) is 0 Å². The number of amides is 1. The van der Waals surface area contributed by atoms with Crippen molar-refractivity contribution in [2.45, 2.75) is 25.9 Å². The summed E-state index contributed by atoms with van der Waals surface area (Å²) in [6, 6.07) is 5.89. The Morgan fingerprint density at radius 2 is 2.10 bits per heavy atom. The number of carbonyl (C=O) groups excluding carboxylic acids is 1. The average molecular weight is 280 g/mol. The summed E-state index contributed by atoms with van der Waals surface area (Å²) in [6.07, 6.45) is 0. The molecule has 0 spiro atoms. The van der Waals surface area contributed by atoms with Gasteiger partial charge in [0.05, 0.1) is 25.2 Å². The maximum absolute atomic E-state index is 13.0. The topological polar surface area (TPSA) is 55.6 Å². The Hall–Kier alpha value is -1.46. The van der Waals surface area contributed by atoms with Crippen LogP contribution in [0.4, 0.5) is 4.39 Å². The molecule has 0 aliphatic carbocycles. The quantitative estimate of drug-likeness (QED) is 0.913. The third-order valence-corrected chi connectivity index (χ3v) is 3.89. The lowest BCUT2D eigenvalue weighted by atomic mass is 10.00. The van der Waals surface area contributed by atoms with Crippen LogP contribution in [0.3, 0.4) is 0 Å². The van der Waals surface area contributed by atoms with Crippen LogP contribution in [-0.4, -0.2) is 36.6 Å². The molecule has 2 N–H and O–H groups in total. The molecule has 1 aliphatic heterocycles. The van der Waals surface area contributed by atoms with Gasteiger partial charge in [-0.15, -0.1) is 0 Å². The second kappa shape index (κ2) is 6.33. The van der Waals surface area contributed by atoms with E-state index in [-0.39, 0.29) is 29.7 Å². The van der Waals surface area contributed by atoms with Crippen LogP contribution in [0.2, 0.25) is 0 Å². The van der Waals surface area contributed by atoms with Crippen molar-refractivity contribution in [3.63, 3.8) is 0 Å². The number of carbonyl (C=O) groups is 1. The number of ether oxygens (including phenoxy) is 1. The van der Waals surface area contributed by atoms with Gasteiger partial charge in [0.1, 0.15) is 5.82 Å². The molecular formula is C15H21FN2O2. The molecule has 2 rings (SSSR count). The van der Waals surface area contributed by atoms with Crippen molar-refractivity contribution in [1.82, 2.24) is 4.90 Å². The fourth-order valence-electron chi connectivity index (χ4n) is 2.58. The van der Waals surface area contributed by atoms with Gasteiger partial charge in [-0.05, 0) is 31.5 Å². The Kier molecular flexibility index (Phi) is 4.73. The van der Waals surface area contributed by atoms with E-state index in [1.807, 2.05) is 13.8 Å². The van der Waals surface area contributed by atoms with E-state index in [2.05, 4.69) is 0 Å². The molecule has 3 atom stereocenters. The smallest absolute Gasteiger partial charge is 0.230 e. The summed E-state index contributed by atoms with van der Waals surface area (Å²) < 4.78 is 18.2. The lowest BCUT2D eigenvalue weighted by molar-refractivity contribution is -0.137. The molecule has 20 heavy (non-hydrogen) atoms. The second-order valence-corrected chi connectivity index (χ2v) is 5.16. The number of hydrogen-bond donors (Lipinski definition) is 1. The lowest BCUT2D eigenvalue weighted by Crippen LogP contribution is -2.44. The van der Waals surface area contributed by atoms with Gasteiger partial charge < -0.3 is 15.4 Å². The minimum absolute atomic E-state index is 0.00863. The van der Waals surface area contributed by atoms with Gasteiger partial charge in [0.25, 0.3) is 0 Å². The standard InChI is InChI=1S/C15H21FN2O2/c1-3-18(15(19)13-8-20-9-14(13)17)10(2)11-4-6-12(16)7-5-11/h4-7,10,13-14H,3,8-9,17H2,1-2H3. The predicted octanol–water partition coefficient (Wildman–Crippen LogP) is 1.71. The van der Waals surface area contributed by atoms with Gasteiger partial charge in [0, 0.05) is 12.6 Å². The average Bonchev–Trinajstić information content (AvgIpc) is 2.86. The van der Waals surface area contributed by atoms with E-state index in [1.165, 1.54) is 12.1 Å². The van der Waals surface area contributed by atoms with Crippen molar-refractivity contribution in [1.29, 1.82) is 0 Å². The zero-order valence-electron chi connectivity index (χ0n) is 11.9. The number of benzene rings is 1. The minimum atomic E-state index is -0.280. The Balaban J connectivity index is 2.14. The highest BCUT2D eigenvalue weighted by atomic mass is 19.1. The van der Waals surface area contributed by atoms with E-state index in [0.29, 0.717) is 19.8 Å². The van der Waals surface area contributed by atoms with E-state index in [0.717, 1.165) is 5.56 Å². The van der Waals surface area contributed by atoms with E-state index >= 15 is 0 Å². The molecule has 1 aliphatic rings. The van der Waals surface area contributed by atoms with E-state index in [9.17, 15) is 9.18 Å². The van der Waals surface area contributed by atoms with Gasteiger partial charge in [0.2, 0.25) is 5.91 Å². The van der Waals surface area contributed by atoms with Crippen LogP contribution in [0.15, 0.2) is 24.3 Å². The van der Waals surface area contributed by atoms with E-state index in [4.69, 9.17) is 10.5 Å². The highest BCUT2D eigenvalue weighted by Gasteiger charge is 2.35. The van der Waals surface area contributed by atoms with Crippen LogP contribution in [-0.2, 0) is 9.53 Å². The molecule has 1 heterocycles. The minimum Gasteiger partial charge on any atom is -0.379 e. The largest absolute Gasteiger partial charge is 0.379 e. The summed E-state index contributed by atoms with van der Waals surface area (Å²) in [6.45, 7) is 5.27. The van der Waals surface area contributed by atoms with Crippen molar-refractivity contribution in [3.05, 3.63) is 35.6 Å². The summed E-state index contributed by atoms with van der Waals surface area (Å²) in [5.41, 5.74) is 6.82. The van der Waals surface area contributed by atoms with Gasteiger partial charge >= 0.3 is 0 Å². The summed E-state index contributed by atoms with van der Waals surface area (Å²) in [5, 5.41) is 0. The summed E-state index contributed by atoms with van der Waals surface area (Å²) in [7, 11) is 0. The number of hydrogen-bond acceptors (Lipinski definition) is 3. The summed E-state index contributed by atoms with van der Waals surface area (Å²) >= 11 is 0. The molecule has 0 radical (unpaired) electrons. The Bertz CT molecular complexity index is 463. The monoisotopic (exact) mass is 280 g/mol. The first-order valence-corrected chi connectivity index (χ1v) is 6.93. The highest BCUT2D eigenvalue weighted by Crippen LogP contribution is 2.24. The molecule has 4 nitrogen and oxygen atoms in total. The first-order valence-electron chi connectivity index (χ1n) is 6.93. The maximum atomic E-state index is 13.0. The van der Waals surface area contributed by atoms with Crippen LogP contribution in [0.5, 0.6) is 0 Å². The third kappa shape index (κ3) is 2.99. The molecule has 1 aromatic carbocycles. The molecular weight excluding hydrogens is 259 g/mol. The SMILES string of the molecule is CCN(C(=O)C1COCC1N)C(C)c1ccc(F)cc1. The number of nitrogens with two attached hydrogens (primary N) is 1. The van der Waals surface area contributed by atoms with Crippen LogP contribution >= 0.6 is 0 Å². The van der Waals surface area contributed by atoms with E-state index < -0.39 is 0 Å². The van der Waals surface area contributed by atoms with Crippen LogP contribution in [0, 0.1) is 11.7 Å². The van der Waals surface area contributed by atoms with Crippen molar-refractivity contribution < 1.29 is 13.9 Å². The Morgan fingerprint density at radius 1 is 1.45 bits per heavy atom. The predicted molar refractivity (Wildman–Crippen MR) is 74.5 cm³/mol. The summed E-state index contributed by atoms with van der Waals surface area (Å²) in [4.78, 5) is 14.3. The molecule has 1 aromatic rings. The van der Waals surface area contributed by atoms with Crippen LogP contribution in [0.1, 0.15) is 25.5 Å². The fourth-order valence-corrected chi connectivity index (χ4v) is 2.58. The zero-order chi connectivity index (χ0) is 14.7. The van der Waals surface area contributed by atoms with Gasteiger partial charge in [0.15, 0.2) is 0 Å². The molecule has 110 valence electrons. The molecule has 3 unspecified atom stereocenters. The van der Waals surface area contributed by atoms with Gasteiger partial charge in [-0.1, -0.05) is 12.1 Å². The first kappa shape index (κ1) is 14.9. The van der Waals surface area contributed by atoms with Gasteiger partial charge in [-0.25, -0.2) is 4.39 Å². The number of nitrogens with zero attached hydrogens (tertiary/aromatic N) is 1. The van der Waals surface area contributed by atoms with Gasteiger partial charge in [-0.3, -0.25) is 4.79 Å². The molecule has 0 saturated carbocycles. The highest BCUT2D eigenvalue weighted by molar-refractivity contribution is 5.80. The van der Waals surface area contributed by atoms with Crippen LogP contribution < -0.4 is 5.73 Å². The molecule has 1 fully saturated rings. The second-order valence-electron chi connectivity index (χ2n) is 5.16. The number of rotatable bonds is 4. The number of halogens is 1. The normalized spacial score (nSPS) is 23.6. The molecule has 0 aromatic heterocycles. The Morgan fingerprint density at radius 3 is 2.60 bits per heavy atom. The zero-order valence-corrected chi connectivity index (χ0v) is 11.9. The Labute approximate surface area is 118 Å². The van der Waals surface area contributed by atoms with Crippen molar-refractivity contribution in [2.75, 3.05) is 19.8 Å². The lowest BCUT2D eigenvalue weighted by Gasteiger charge is -2.31. The van der Waals surface area contributed by atoms with Gasteiger partial charge in [-0.2, -0.15) is 0 Å². The van der Waals surface area contributed by atoms with Crippen LogP contribution in [0.25, 0.3) is 0 Å². The molecule has 0 bridgehead atoms. The maximum Gasteiger partial charge on any atom is 0.230 e. The molecule has 5 heteroatoms. The fraction of sp³-hybridized carbons (Fsp3) is 0.533. The molecule has 1 amide bonds. The van der Waals surface area contributed by atoms with E-state index in [1.54, 1.807) is 17.0 Å². The van der Waals surface area contributed by atoms with Crippen molar-refractivity contribution in [2.24, 2.45) is 11.7 Å². The van der Waals surface area contributed by atoms with Crippen molar-refractivity contribution >= 4 is 5.91 Å². The first-order chi connectivity index (χ1) is 9.54.